The van der Waals surface area contributed by atoms with E-state index in [1.165, 1.54) is 33.1 Å². The van der Waals surface area contributed by atoms with Crippen LogP contribution >= 0.6 is 0 Å². The Morgan fingerprint density at radius 3 is 2.41 bits per heavy atom. The summed E-state index contributed by atoms with van der Waals surface area (Å²) in [5, 5.41) is 17.2. The van der Waals surface area contributed by atoms with Crippen molar-refractivity contribution in [2.75, 3.05) is 0 Å². The minimum Gasteiger partial charge on any atom is -0.503 e. The third kappa shape index (κ3) is 2.46. The molecule has 0 bridgehead atoms. The number of hydrogen-bond acceptors (Lipinski definition) is 3. The lowest BCUT2D eigenvalue weighted by atomic mass is 9.92. The van der Waals surface area contributed by atoms with E-state index in [-0.39, 0.29) is 12.3 Å². The fourth-order valence-corrected chi connectivity index (χ4v) is 3.75. The molecule has 0 radical (unpaired) electrons. The number of pyridine rings is 1. The van der Waals surface area contributed by atoms with E-state index in [0.29, 0.717) is 5.56 Å². The lowest BCUT2D eigenvalue weighted by Gasteiger charge is -2.12. The van der Waals surface area contributed by atoms with Crippen molar-refractivity contribution < 1.29 is 5.11 Å². The van der Waals surface area contributed by atoms with E-state index in [4.69, 9.17) is 0 Å². The van der Waals surface area contributed by atoms with Crippen molar-refractivity contribution in [2.24, 2.45) is 4.99 Å². The molecule has 2 N–H and O–H groups in total. The van der Waals surface area contributed by atoms with Gasteiger partial charge < -0.3 is 10.1 Å². The summed E-state index contributed by atoms with van der Waals surface area (Å²) >= 11 is 0. The van der Waals surface area contributed by atoms with Gasteiger partial charge in [-0.25, -0.2) is 0 Å². The zero-order valence-electron chi connectivity index (χ0n) is 14.4. The van der Waals surface area contributed by atoms with Crippen molar-refractivity contribution >= 4 is 38.5 Å². The Labute approximate surface area is 154 Å². The van der Waals surface area contributed by atoms with Gasteiger partial charge in [-0.1, -0.05) is 54.6 Å². The fourth-order valence-electron chi connectivity index (χ4n) is 3.75. The summed E-state index contributed by atoms with van der Waals surface area (Å²) in [6.45, 7) is 0.248. The van der Waals surface area contributed by atoms with Crippen LogP contribution in [-0.2, 0) is 6.54 Å². The van der Waals surface area contributed by atoms with E-state index in [1.54, 1.807) is 6.07 Å². The molecule has 0 saturated heterocycles. The highest BCUT2D eigenvalue weighted by Gasteiger charge is 2.10. The van der Waals surface area contributed by atoms with Gasteiger partial charge in [0, 0.05) is 23.5 Å². The molecule has 4 nitrogen and oxygen atoms in total. The van der Waals surface area contributed by atoms with Crippen LogP contribution in [0.2, 0.25) is 0 Å². The normalized spacial score (nSPS) is 12.0. The van der Waals surface area contributed by atoms with Crippen LogP contribution in [0.1, 0.15) is 11.1 Å². The number of nitrogens with zero attached hydrogens (tertiary/aromatic N) is 1. The van der Waals surface area contributed by atoms with Crippen LogP contribution in [0.15, 0.2) is 76.6 Å². The molecule has 5 rings (SSSR count). The maximum absolute atomic E-state index is 11.5. The Kier molecular flexibility index (Phi) is 3.44. The zero-order valence-corrected chi connectivity index (χ0v) is 14.4. The number of H-pyrrole nitrogens is 1. The third-order valence-corrected chi connectivity index (χ3v) is 5.07. The van der Waals surface area contributed by atoms with Gasteiger partial charge in [0.25, 0.3) is 5.56 Å². The first-order valence-electron chi connectivity index (χ1n) is 8.78. The van der Waals surface area contributed by atoms with Crippen molar-refractivity contribution in [3.05, 3.63) is 88.3 Å². The minimum atomic E-state index is -0.495. The standard InChI is InChI=1S/C23H16N2O2/c26-22-18(10-11-25-23(22)27)13-24-12-17-7-6-16-5-4-14-2-1-3-15-8-9-19(17)21(16)20(14)15/h1-12,26H,13H2,(H,25,27). The summed E-state index contributed by atoms with van der Waals surface area (Å²) in [5.41, 5.74) is 1.03. The molecular weight excluding hydrogens is 336 g/mol. The fraction of sp³-hybridized carbons (Fsp3) is 0.0435. The Morgan fingerprint density at radius 2 is 1.59 bits per heavy atom. The molecule has 4 heteroatoms. The first-order valence-corrected chi connectivity index (χ1v) is 8.78. The molecule has 4 aromatic carbocycles. The predicted octanol–water partition coefficient (Wildman–Crippen LogP) is 4.60. The Balaban J connectivity index is 1.63. The zero-order chi connectivity index (χ0) is 18.4. The molecule has 0 saturated carbocycles. The van der Waals surface area contributed by atoms with E-state index in [1.807, 2.05) is 6.21 Å². The molecule has 0 amide bonds. The molecule has 130 valence electrons. The molecule has 0 atom stereocenters. The number of aromatic hydroxyl groups is 1. The summed E-state index contributed by atoms with van der Waals surface area (Å²) in [4.78, 5) is 18.4. The van der Waals surface area contributed by atoms with Crippen molar-refractivity contribution in [3.8, 4) is 5.75 Å². The van der Waals surface area contributed by atoms with E-state index >= 15 is 0 Å². The lowest BCUT2D eigenvalue weighted by Crippen LogP contribution is -2.05. The summed E-state index contributed by atoms with van der Waals surface area (Å²) in [7, 11) is 0. The van der Waals surface area contributed by atoms with Crippen molar-refractivity contribution in [3.63, 3.8) is 0 Å². The molecule has 1 heterocycles. The summed E-state index contributed by atoms with van der Waals surface area (Å²) in [6, 6.07) is 20.8. The SMILES string of the molecule is O=c1[nH]ccc(CN=Cc2ccc3ccc4cccc5ccc2c3c45)c1O. The first kappa shape index (κ1) is 15.6. The molecule has 5 aromatic rings. The molecule has 1 aromatic heterocycles. The minimum absolute atomic E-state index is 0.248. The van der Waals surface area contributed by atoms with Crippen molar-refractivity contribution in [1.82, 2.24) is 4.98 Å². The maximum Gasteiger partial charge on any atom is 0.290 e. The van der Waals surface area contributed by atoms with Crippen LogP contribution in [0, 0.1) is 0 Å². The largest absolute Gasteiger partial charge is 0.503 e. The van der Waals surface area contributed by atoms with E-state index in [9.17, 15) is 9.90 Å². The number of nitrogens with one attached hydrogen (secondary N) is 1. The van der Waals surface area contributed by atoms with E-state index < -0.39 is 5.56 Å². The number of rotatable bonds is 3. The first-order chi connectivity index (χ1) is 13.2. The second-order valence-corrected chi connectivity index (χ2v) is 6.66. The number of hydrogen-bond donors (Lipinski definition) is 2. The van der Waals surface area contributed by atoms with Gasteiger partial charge in [0.15, 0.2) is 5.75 Å². The predicted molar refractivity (Wildman–Crippen MR) is 110 cm³/mol. The highest BCUT2D eigenvalue weighted by Crippen LogP contribution is 2.35. The second-order valence-electron chi connectivity index (χ2n) is 6.66. The molecule has 0 aliphatic carbocycles. The quantitative estimate of drug-likeness (QED) is 0.368. The molecule has 0 fully saturated rings. The third-order valence-electron chi connectivity index (χ3n) is 5.07. The number of aromatic amines is 1. The Hall–Kier alpha value is -3.66. The second kappa shape index (κ2) is 5.95. The van der Waals surface area contributed by atoms with Crippen LogP contribution in [0.3, 0.4) is 0 Å². The topological polar surface area (TPSA) is 65.5 Å². The van der Waals surface area contributed by atoms with Gasteiger partial charge in [-0.15, -0.1) is 0 Å². The Bertz CT molecular complexity index is 1370. The van der Waals surface area contributed by atoms with Gasteiger partial charge in [0.2, 0.25) is 0 Å². The van der Waals surface area contributed by atoms with Gasteiger partial charge in [0.1, 0.15) is 0 Å². The lowest BCUT2D eigenvalue weighted by molar-refractivity contribution is 0.459. The van der Waals surface area contributed by atoms with Crippen LogP contribution < -0.4 is 5.56 Å². The summed E-state index contributed by atoms with van der Waals surface area (Å²) in [6.07, 6.45) is 3.33. The van der Waals surface area contributed by atoms with Crippen molar-refractivity contribution in [2.45, 2.75) is 6.54 Å². The number of aromatic nitrogens is 1. The molecule has 0 unspecified atom stereocenters. The van der Waals surface area contributed by atoms with Crippen molar-refractivity contribution in [1.29, 1.82) is 0 Å². The van der Waals surface area contributed by atoms with Gasteiger partial charge in [-0.3, -0.25) is 9.79 Å². The van der Waals surface area contributed by atoms with Crippen LogP contribution in [0.5, 0.6) is 5.75 Å². The van der Waals surface area contributed by atoms with Gasteiger partial charge in [-0.2, -0.15) is 0 Å². The van der Waals surface area contributed by atoms with E-state index in [2.05, 4.69) is 64.6 Å². The molecule has 0 aliphatic heterocycles. The Morgan fingerprint density at radius 1 is 0.889 bits per heavy atom. The van der Waals surface area contributed by atoms with Crippen LogP contribution in [0.25, 0.3) is 32.3 Å². The average molecular weight is 352 g/mol. The number of benzene rings is 4. The van der Waals surface area contributed by atoms with Gasteiger partial charge in [0.05, 0.1) is 6.54 Å². The summed E-state index contributed by atoms with van der Waals surface area (Å²) in [5.74, 6) is -0.273. The molecule has 27 heavy (non-hydrogen) atoms. The van der Waals surface area contributed by atoms with E-state index in [0.717, 1.165) is 10.9 Å². The number of aliphatic imine (C=N–C) groups is 1. The summed E-state index contributed by atoms with van der Waals surface area (Å²) < 4.78 is 0. The van der Waals surface area contributed by atoms with Crippen LogP contribution in [0.4, 0.5) is 0 Å². The highest BCUT2D eigenvalue weighted by molar-refractivity contribution is 6.25. The maximum atomic E-state index is 11.5. The highest BCUT2D eigenvalue weighted by atomic mass is 16.3. The molecule has 0 aliphatic rings. The molecule has 0 spiro atoms. The smallest absolute Gasteiger partial charge is 0.290 e. The molecular formula is C23H16N2O2. The van der Waals surface area contributed by atoms with Crippen LogP contribution in [-0.4, -0.2) is 16.3 Å². The van der Waals surface area contributed by atoms with Gasteiger partial charge >= 0.3 is 0 Å². The average Bonchev–Trinajstić information content (AvgIpc) is 2.70. The monoisotopic (exact) mass is 352 g/mol. The van der Waals surface area contributed by atoms with Gasteiger partial charge in [-0.05, 0) is 38.4 Å².